The minimum atomic E-state index is -3.63. The second-order valence-electron chi connectivity index (χ2n) is 5.42. The molecule has 1 fully saturated rings. The van der Waals surface area contributed by atoms with Crippen LogP contribution in [0.2, 0.25) is 0 Å². The van der Waals surface area contributed by atoms with E-state index >= 15 is 0 Å². The molecule has 0 saturated heterocycles. The van der Waals surface area contributed by atoms with Crippen molar-refractivity contribution >= 4 is 15.9 Å². The van der Waals surface area contributed by atoms with Crippen molar-refractivity contribution in [2.24, 2.45) is 0 Å². The van der Waals surface area contributed by atoms with Crippen molar-refractivity contribution in [3.63, 3.8) is 0 Å². The van der Waals surface area contributed by atoms with Gasteiger partial charge in [-0.1, -0.05) is 6.07 Å². The molecular formula is C16H17N3O3S. The summed E-state index contributed by atoms with van der Waals surface area (Å²) >= 11 is 0. The molecule has 1 saturated carbocycles. The maximum atomic E-state index is 12.2. The van der Waals surface area contributed by atoms with Crippen molar-refractivity contribution < 1.29 is 13.2 Å². The first kappa shape index (κ1) is 15.6. The number of carbonyl (C=O) groups is 1. The molecule has 1 aromatic heterocycles. The average Bonchev–Trinajstić information content (AvgIpc) is 3.38. The molecule has 1 heterocycles. The topological polar surface area (TPSA) is 88.2 Å². The molecule has 120 valence electrons. The molecule has 0 unspecified atom stereocenters. The molecule has 2 aromatic rings. The number of pyridine rings is 1. The van der Waals surface area contributed by atoms with Gasteiger partial charge in [0.1, 0.15) is 0 Å². The summed E-state index contributed by atoms with van der Waals surface area (Å²) in [4.78, 5) is 16.1. The highest BCUT2D eigenvalue weighted by Crippen LogP contribution is 2.19. The van der Waals surface area contributed by atoms with Crippen LogP contribution >= 0.6 is 0 Å². The van der Waals surface area contributed by atoms with Crippen LogP contribution in [0.4, 0.5) is 0 Å². The van der Waals surface area contributed by atoms with E-state index in [9.17, 15) is 13.2 Å². The van der Waals surface area contributed by atoms with Crippen molar-refractivity contribution in [3.05, 3.63) is 59.9 Å². The fourth-order valence-corrected chi connectivity index (χ4v) is 3.04. The van der Waals surface area contributed by atoms with Gasteiger partial charge in [0, 0.05) is 17.8 Å². The lowest BCUT2D eigenvalue weighted by Gasteiger charge is -2.08. The summed E-state index contributed by atoms with van der Waals surface area (Å²) in [5, 5.41) is 2.86. The van der Waals surface area contributed by atoms with E-state index in [2.05, 4.69) is 15.0 Å². The number of nitrogens with one attached hydrogen (secondary N) is 2. The molecule has 0 bridgehead atoms. The van der Waals surface area contributed by atoms with Crippen LogP contribution in [0.25, 0.3) is 0 Å². The standard InChI is InChI=1S/C16H17N3O3S/c20-16(19-13-6-7-13)12-4-8-15(9-5-12)23(21,22)18-11-14-3-1-2-10-17-14/h1-5,8-10,13,18H,6-7,11H2,(H,19,20). The normalized spacial score (nSPS) is 14.4. The average molecular weight is 331 g/mol. The molecule has 0 spiro atoms. The number of benzene rings is 1. The van der Waals surface area contributed by atoms with E-state index in [-0.39, 0.29) is 23.4 Å². The molecule has 6 nitrogen and oxygen atoms in total. The monoisotopic (exact) mass is 331 g/mol. The van der Waals surface area contributed by atoms with Gasteiger partial charge in [-0.15, -0.1) is 0 Å². The molecule has 2 N–H and O–H groups in total. The first-order valence-electron chi connectivity index (χ1n) is 7.35. The Balaban J connectivity index is 1.66. The van der Waals surface area contributed by atoms with Gasteiger partial charge in [0.2, 0.25) is 10.0 Å². The number of amides is 1. The zero-order valence-electron chi connectivity index (χ0n) is 12.4. The van der Waals surface area contributed by atoms with E-state index in [0.29, 0.717) is 11.3 Å². The number of hydrogen-bond acceptors (Lipinski definition) is 4. The predicted octanol–water partition coefficient (Wildman–Crippen LogP) is 1.45. The first-order chi connectivity index (χ1) is 11.0. The minimum Gasteiger partial charge on any atom is -0.349 e. The van der Waals surface area contributed by atoms with E-state index in [0.717, 1.165) is 12.8 Å². The summed E-state index contributed by atoms with van der Waals surface area (Å²) in [6, 6.07) is 11.5. The molecule has 0 aliphatic heterocycles. The lowest BCUT2D eigenvalue weighted by molar-refractivity contribution is 0.0951. The second-order valence-corrected chi connectivity index (χ2v) is 7.18. The third-order valence-corrected chi connectivity index (χ3v) is 4.93. The fourth-order valence-electron chi connectivity index (χ4n) is 2.04. The lowest BCUT2D eigenvalue weighted by atomic mass is 10.2. The molecule has 3 rings (SSSR count). The van der Waals surface area contributed by atoms with E-state index < -0.39 is 10.0 Å². The molecule has 0 atom stereocenters. The number of aromatic nitrogens is 1. The highest BCUT2D eigenvalue weighted by Gasteiger charge is 2.24. The summed E-state index contributed by atoms with van der Waals surface area (Å²) in [6.45, 7) is 0.118. The SMILES string of the molecule is O=C(NC1CC1)c1ccc(S(=O)(=O)NCc2ccccn2)cc1. The van der Waals surface area contributed by atoms with Crippen LogP contribution in [0.1, 0.15) is 28.9 Å². The maximum absolute atomic E-state index is 12.2. The molecule has 1 aliphatic carbocycles. The smallest absolute Gasteiger partial charge is 0.251 e. The highest BCUT2D eigenvalue weighted by atomic mass is 32.2. The van der Waals surface area contributed by atoms with Crippen LogP contribution < -0.4 is 10.0 Å². The van der Waals surface area contributed by atoms with Crippen LogP contribution in [-0.2, 0) is 16.6 Å². The Bertz CT molecular complexity index is 785. The van der Waals surface area contributed by atoms with Gasteiger partial charge < -0.3 is 5.32 Å². The van der Waals surface area contributed by atoms with Gasteiger partial charge in [0.05, 0.1) is 17.1 Å². The maximum Gasteiger partial charge on any atom is 0.251 e. The van der Waals surface area contributed by atoms with Crippen molar-refractivity contribution in [2.45, 2.75) is 30.3 Å². The second kappa shape index (κ2) is 6.47. The summed E-state index contributed by atoms with van der Waals surface area (Å²) in [5.74, 6) is -0.169. The summed E-state index contributed by atoms with van der Waals surface area (Å²) in [6.07, 6.45) is 3.63. The van der Waals surface area contributed by atoms with Crippen LogP contribution in [-0.4, -0.2) is 25.4 Å². The Labute approximate surface area is 135 Å². The quantitative estimate of drug-likeness (QED) is 0.838. The van der Waals surface area contributed by atoms with Gasteiger partial charge in [-0.25, -0.2) is 13.1 Å². The van der Waals surface area contributed by atoms with Crippen molar-refractivity contribution in [1.82, 2.24) is 15.0 Å². The van der Waals surface area contributed by atoms with Crippen LogP contribution in [0.5, 0.6) is 0 Å². The van der Waals surface area contributed by atoms with Crippen molar-refractivity contribution in [3.8, 4) is 0 Å². The summed E-state index contributed by atoms with van der Waals surface area (Å²) in [7, 11) is -3.63. The number of nitrogens with zero attached hydrogens (tertiary/aromatic N) is 1. The number of hydrogen-bond donors (Lipinski definition) is 2. The number of rotatable bonds is 6. The molecule has 1 aromatic carbocycles. The Morgan fingerprint density at radius 2 is 1.87 bits per heavy atom. The predicted molar refractivity (Wildman–Crippen MR) is 85.2 cm³/mol. The highest BCUT2D eigenvalue weighted by molar-refractivity contribution is 7.89. The Morgan fingerprint density at radius 1 is 1.13 bits per heavy atom. The van der Waals surface area contributed by atoms with Crippen molar-refractivity contribution in [2.75, 3.05) is 0 Å². The van der Waals surface area contributed by atoms with Gasteiger partial charge >= 0.3 is 0 Å². The van der Waals surface area contributed by atoms with Gasteiger partial charge in [0.25, 0.3) is 5.91 Å². The van der Waals surface area contributed by atoms with Crippen LogP contribution in [0.3, 0.4) is 0 Å². The minimum absolute atomic E-state index is 0.118. The molecule has 23 heavy (non-hydrogen) atoms. The Kier molecular flexibility index (Phi) is 4.40. The Hall–Kier alpha value is -2.25. The van der Waals surface area contributed by atoms with Gasteiger partial charge in [-0.3, -0.25) is 9.78 Å². The molecule has 0 radical (unpaired) electrons. The largest absolute Gasteiger partial charge is 0.349 e. The molecule has 1 aliphatic rings. The van der Waals surface area contributed by atoms with Gasteiger partial charge in [-0.05, 0) is 49.2 Å². The zero-order chi connectivity index (χ0) is 16.3. The first-order valence-corrected chi connectivity index (χ1v) is 8.83. The molecule has 1 amide bonds. The van der Waals surface area contributed by atoms with E-state index in [4.69, 9.17) is 0 Å². The van der Waals surface area contributed by atoms with Gasteiger partial charge in [0.15, 0.2) is 0 Å². The Morgan fingerprint density at radius 3 is 2.48 bits per heavy atom. The molecular weight excluding hydrogens is 314 g/mol. The third kappa shape index (κ3) is 4.14. The zero-order valence-corrected chi connectivity index (χ0v) is 13.2. The van der Waals surface area contributed by atoms with Gasteiger partial charge in [-0.2, -0.15) is 0 Å². The summed E-state index contributed by atoms with van der Waals surface area (Å²) < 4.78 is 27.0. The number of sulfonamides is 1. The number of carbonyl (C=O) groups excluding carboxylic acids is 1. The van der Waals surface area contributed by atoms with Crippen LogP contribution in [0, 0.1) is 0 Å². The summed E-state index contributed by atoms with van der Waals surface area (Å²) in [5.41, 5.74) is 1.09. The van der Waals surface area contributed by atoms with E-state index in [1.165, 1.54) is 24.3 Å². The fraction of sp³-hybridized carbons (Fsp3) is 0.250. The van der Waals surface area contributed by atoms with E-state index in [1.807, 2.05) is 0 Å². The van der Waals surface area contributed by atoms with Crippen molar-refractivity contribution in [1.29, 1.82) is 0 Å². The van der Waals surface area contributed by atoms with Crippen LogP contribution in [0.15, 0.2) is 53.6 Å². The third-order valence-electron chi connectivity index (χ3n) is 3.51. The van der Waals surface area contributed by atoms with E-state index in [1.54, 1.807) is 24.4 Å². The molecule has 7 heteroatoms. The lowest BCUT2D eigenvalue weighted by Crippen LogP contribution is -2.26.